The summed E-state index contributed by atoms with van der Waals surface area (Å²) in [5, 5.41) is 8.05. The molecule has 1 aromatic rings. The SMILES string of the molecule is CCNC(=NCc1ncc(C)s1)NC1CCN(CC2CCOC2)CC1. The van der Waals surface area contributed by atoms with Gasteiger partial charge in [-0.3, -0.25) is 0 Å². The van der Waals surface area contributed by atoms with Crippen LogP contribution in [0, 0.1) is 12.8 Å². The molecule has 2 aliphatic rings. The number of nitrogens with zero attached hydrogens (tertiary/aromatic N) is 3. The number of aromatic nitrogens is 1. The maximum atomic E-state index is 5.50. The van der Waals surface area contributed by atoms with Crippen LogP contribution in [-0.4, -0.2) is 61.3 Å². The van der Waals surface area contributed by atoms with E-state index in [1.165, 1.54) is 43.8 Å². The van der Waals surface area contributed by atoms with Gasteiger partial charge in [0.15, 0.2) is 5.96 Å². The van der Waals surface area contributed by atoms with Gasteiger partial charge in [-0.25, -0.2) is 9.98 Å². The average molecular weight is 366 g/mol. The van der Waals surface area contributed by atoms with Gasteiger partial charge in [0, 0.05) is 49.9 Å². The van der Waals surface area contributed by atoms with Crippen LogP contribution in [0.1, 0.15) is 36.1 Å². The molecule has 3 heterocycles. The number of rotatable bonds is 6. The summed E-state index contributed by atoms with van der Waals surface area (Å²) in [4.78, 5) is 12.9. The number of ether oxygens (including phenoxy) is 1. The third kappa shape index (κ3) is 5.94. The molecule has 2 N–H and O–H groups in total. The lowest BCUT2D eigenvalue weighted by Crippen LogP contribution is -2.49. The van der Waals surface area contributed by atoms with E-state index in [2.05, 4.69) is 34.4 Å². The quantitative estimate of drug-likeness (QED) is 0.596. The second-order valence-corrected chi connectivity index (χ2v) is 8.33. The lowest BCUT2D eigenvalue weighted by molar-refractivity contribution is 0.150. The summed E-state index contributed by atoms with van der Waals surface area (Å²) >= 11 is 1.72. The van der Waals surface area contributed by atoms with E-state index in [1.54, 1.807) is 11.3 Å². The number of thiazole rings is 1. The zero-order valence-electron chi connectivity index (χ0n) is 15.5. The van der Waals surface area contributed by atoms with Crippen LogP contribution in [0.25, 0.3) is 0 Å². The summed E-state index contributed by atoms with van der Waals surface area (Å²) in [6.07, 6.45) is 5.50. The van der Waals surface area contributed by atoms with Gasteiger partial charge in [-0.15, -0.1) is 11.3 Å². The summed E-state index contributed by atoms with van der Waals surface area (Å²) in [5.74, 6) is 1.66. The van der Waals surface area contributed by atoms with Gasteiger partial charge in [0.2, 0.25) is 0 Å². The van der Waals surface area contributed by atoms with Gasteiger partial charge < -0.3 is 20.3 Å². The second-order valence-electron chi connectivity index (χ2n) is 7.01. The fourth-order valence-electron chi connectivity index (χ4n) is 3.49. The fourth-order valence-corrected chi connectivity index (χ4v) is 4.20. The van der Waals surface area contributed by atoms with Crippen LogP contribution in [0.15, 0.2) is 11.2 Å². The van der Waals surface area contributed by atoms with Crippen LogP contribution in [0.3, 0.4) is 0 Å². The maximum Gasteiger partial charge on any atom is 0.191 e. The van der Waals surface area contributed by atoms with Crippen molar-refractivity contribution in [2.45, 2.75) is 45.7 Å². The molecule has 0 bridgehead atoms. The van der Waals surface area contributed by atoms with Gasteiger partial charge in [-0.1, -0.05) is 0 Å². The molecule has 1 aromatic heterocycles. The van der Waals surface area contributed by atoms with E-state index in [1.807, 2.05) is 6.20 Å². The highest BCUT2D eigenvalue weighted by Crippen LogP contribution is 2.18. The molecular weight excluding hydrogens is 334 g/mol. The minimum atomic E-state index is 0.506. The summed E-state index contributed by atoms with van der Waals surface area (Å²) in [5.41, 5.74) is 0. The molecule has 1 atom stereocenters. The first kappa shape index (κ1) is 18.6. The van der Waals surface area contributed by atoms with Gasteiger partial charge in [-0.2, -0.15) is 0 Å². The number of likely N-dealkylation sites (tertiary alicyclic amines) is 1. The first-order chi connectivity index (χ1) is 12.2. The predicted octanol–water partition coefficient (Wildman–Crippen LogP) is 2.01. The Morgan fingerprint density at radius 1 is 1.40 bits per heavy atom. The van der Waals surface area contributed by atoms with Crippen LogP contribution < -0.4 is 10.6 Å². The molecular formula is C18H31N5OS. The number of piperidine rings is 1. The van der Waals surface area contributed by atoms with E-state index in [0.717, 1.165) is 36.6 Å². The van der Waals surface area contributed by atoms with E-state index in [9.17, 15) is 0 Å². The molecule has 1 unspecified atom stereocenters. The highest BCUT2D eigenvalue weighted by Gasteiger charge is 2.24. The number of nitrogens with one attached hydrogen (secondary N) is 2. The zero-order chi connectivity index (χ0) is 17.5. The number of aliphatic imine (C=N–C) groups is 1. The van der Waals surface area contributed by atoms with Crippen molar-refractivity contribution in [1.29, 1.82) is 0 Å². The van der Waals surface area contributed by atoms with Crippen molar-refractivity contribution in [2.24, 2.45) is 10.9 Å². The molecule has 2 saturated heterocycles. The first-order valence-electron chi connectivity index (χ1n) is 9.49. The van der Waals surface area contributed by atoms with E-state index >= 15 is 0 Å². The van der Waals surface area contributed by atoms with Crippen molar-refractivity contribution in [1.82, 2.24) is 20.5 Å². The Hall–Kier alpha value is -1.18. The van der Waals surface area contributed by atoms with Crippen molar-refractivity contribution in [3.8, 4) is 0 Å². The third-order valence-corrected chi connectivity index (χ3v) is 5.75. The second kappa shape index (κ2) is 9.50. The summed E-state index contributed by atoms with van der Waals surface area (Å²) in [6.45, 7) is 11.1. The van der Waals surface area contributed by atoms with E-state index < -0.39 is 0 Å². The molecule has 3 rings (SSSR count). The summed E-state index contributed by atoms with van der Waals surface area (Å²) in [7, 11) is 0. The van der Waals surface area contributed by atoms with Crippen molar-refractivity contribution < 1.29 is 4.74 Å². The topological polar surface area (TPSA) is 61.8 Å². The van der Waals surface area contributed by atoms with Crippen molar-refractivity contribution in [3.05, 3.63) is 16.1 Å². The molecule has 0 amide bonds. The van der Waals surface area contributed by atoms with Crippen LogP contribution >= 0.6 is 11.3 Å². The smallest absolute Gasteiger partial charge is 0.191 e. The normalized spacial score (nSPS) is 23.1. The molecule has 0 aliphatic carbocycles. The lowest BCUT2D eigenvalue weighted by Gasteiger charge is -2.34. The maximum absolute atomic E-state index is 5.50. The van der Waals surface area contributed by atoms with Crippen LogP contribution in [-0.2, 0) is 11.3 Å². The van der Waals surface area contributed by atoms with Gasteiger partial charge in [0.1, 0.15) is 5.01 Å². The molecule has 0 aromatic carbocycles. The molecule has 140 valence electrons. The Balaban J connectivity index is 1.44. The summed E-state index contributed by atoms with van der Waals surface area (Å²) < 4.78 is 5.50. The molecule has 0 radical (unpaired) electrons. The van der Waals surface area contributed by atoms with Crippen molar-refractivity contribution in [3.63, 3.8) is 0 Å². The molecule has 7 heteroatoms. The molecule has 0 spiro atoms. The predicted molar refractivity (Wildman–Crippen MR) is 103 cm³/mol. The standard InChI is InChI=1S/C18H31N5OS/c1-3-19-18(21-11-17-20-10-14(2)25-17)22-16-4-7-23(8-5-16)12-15-6-9-24-13-15/h10,15-16H,3-9,11-13H2,1-2H3,(H2,19,21,22). The average Bonchev–Trinajstić information content (AvgIpc) is 3.26. The third-order valence-electron chi connectivity index (χ3n) is 4.85. The Morgan fingerprint density at radius 2 is 2.24 bits per heavy atom. The van der Waals surface area contributed by atoms with Crippen LogP contribution in [0.5, 0.6) is 0 Å². The molecule has 2 fully saturated rings. The summed E-state index contributed by atoms with van der Waals surface area (Å²) in [6, 6.07) is 0.506. The Morgan fingerprint density at radius 3 is 2.88 bits per heavy atom. The van der Waals surface area contributed by atoms with E-state index in [0.29, 0.717) is 12.6 Å². The number of guanidine groups is 1. The minimum absolute atomic E-state index is 0.506. The highest BCUT2D eigenvalue weighted by atomic mass is 32.1. The van der Waals surface area contributed by atoms with E-state index in [-0.39, 0.29) is 0 Å². The number of aryl methyl sites for hydroxylation is 1. The lowest BCUT2D eigenvalue weighted by atomic mass is 10.0. The van der Waals surface area contributed by atoms with Crippen molar-refractivity contribution >= 4 is 17.3 Å². The van der Waals surface area contributed by atoms with Crippen LogP contribution in [0.4, 0.5) is 0 Å². The van der Waals surface area contributed by atoms with Gasteiger partial charge in [-0.05, 0) is 39.0 Å². The Bertz CT molecular complexity index is 547. The Kier molecular flexibility index (Phi) is 7.07. The number of hydrogen-bond acceptors (Lipinski definition) is 5. The largest absolute Gasteiger partial charge is 0.381 e. The molecule has 25 heavy (non-hydrogen) atoms. The van der Waals surface area contributed by atoms with Gasteiger partial charge >= 0.3 is 0 Å². The number of hydrogen-bond donors (Lipinski definition) is 2. The fraction of sp³-hybridized carbons (Fsp3) is 0.778. The highest BCUT2D eigenvalue weighted by molar-refractivity contribution is 7.11. The van der Waals surface area contributed by atoms with Gasteiger partial charge in [0.05, 0.1) is 13.2 Å². The molecule has 2 aliphatic heterocycles. The zero-order valence-corrected chi connectivity index (χ0v) is 16.3. The van der Waals surface area contributed by atoms with Gasteiger partial charge in [0.25, 0.3) is 0 Å². The minimum Gasteiger partial charge on any atom is -0.381 e. The van der Waals surface area contributed by atoms with Crippen molar-refractivity contribution in [2.75, 3.05) is 39.4 Å². The van der Waals surface area contributed by atoms with E-state index in [4.69, 9.17) is 9.73 Å². The monoisotopic (exact) mass is 365 g/mol. The Labute approximate surface area is 155 Å². The molecule has 0 saturated carbocycles. The van der Waals surface area contributed by atoms with Crippen LogP contribution in [0.2, 0.25) is 0 Å². The first-order valence-corrected chi connectivity index (χ1v) is 10.3. The molecule has 6 nitrogen and oxygen atoms in total.